The van der Waals surface area contributed by atoms with Gasteiger partial charge in [-0.1, -0.05) is 13.8 Å². The molecule has 90 valence electrons. The lowest BCUT2D eigenvalue weighted by Crippen LogP contribution is -2.24. The number of ether oxygens (including phenoxy) is 1. The fraction of sp³-hybridized carbons (Fsp3) is 0.889. The minimum atomic E-state index is -3.13. The van der Waals surface area contributed by atoms with E-state index in [9.17, 15) is 13.2 Å². The average molecular weight is 254 g/mol. The van der Waals surface area contributed by atoms with Crippen molar-refractivity contribution in [2.75, 3.05) is 30.1 Å². The third-order valence-electron chi connectivity index (χ3n) is 1.85. The van der Waals surface area contributed by atoms with Crippen LogP contribution >= 0.6 is 11.8 Å². The molecular formula is C9H18O4S2. The Morgan fingerprint density at radius 2 is 2.07 bits per heavy atom. The van der Waals surface area contributed by atoms with E-state index in [2.05, 4.69) is 4.74 Å². The normalized spacial score (nSPS) is 13.5. The Labute approximate surface area is 95.7 Å². The highest BCUT2D eigenvalue weighted by Crippen LogP contribution is 2.07. The number of esters is 1. The van der Waals surface area contributed by atoms with Gasteiger partial charge in [0.05, 0.1) is 24.5 Å². The van der Waals surface area contributed by atoms with Gasteiger partial charge in [-0.3, -0.25) is 4.79 Å². The van der Waals surface area contributed by atoms with Crippen molar-refractivity contribution in [3.63, 3.8) is 0 Å². The molecule has 0 heterocycles. The lowest BCUT2D eigenvalue weighted by Gasteiger charge is -2.09. The number of hydrogen-bond donors (Lipinski definition) is 0. The monoisotopic (exact) mass is 254 g/mol. The predicted octanol–water partition coefficient (Wildman–Crippen LogP) is 0.963. The molecule has 0 saturated heterocycles. The number of thioether (sulfide) groups is 1. The minimum absolute atomic E-state index is 0.121. The first-order valence-electron chi connectivity index (χ1n) is 4.79. The van der Waals surface area contributed by atoms with Gasteiger partial charge in [0, 0.05) is 5.75 Å². The summed E-state index contributed by atoms with van der Waals surface area (Å²) in [6, 6.07) is 0. The van der Waals surface area contributed by atoms with Crippen LogP contribution in [0, 0.1) is 5.92 Å². The summed E-state index contributed by atoms with van der Waals surface area (Å²) in [5.74, 6) is 0.458. The van der Waals surface area contributed by atoms with Crippen LogP contribution in [-0.4, -0.2) is 44.5 Å². The molecule has 0 aromatic rings. The summed E-state index contributed by atoms with van der Waals surface area (Å²) >= 11 is 1.58. The zero-order chi connectivity index (χ0) is 11.9. The van der Waals surface area contributed by atoms with Crippen LogP contribution in [0.1, 0.15) is 13.8 Å². The first-order valence-corrected chi connectivity index (χ1v) is 7.76. The summed E-state index contributed by atoms with van der Waals surface area (Å²) in [5, 5.41) is 0. The summed E-state index contributed by atoms with van der Waals surface area (Å²) in [6.45, 7) is 3.55. The first kappa shape index (κ1) is 14.8. The zero-order valence-corrected chi connectivity index (χ0v) is 11.0. The molecule has 1 unspecified atom stereocenters. The summed E-state index contributed by atoms with van der Waals surface area (Å²) < 4.78 is 27.5. The van der Waals surface area contributed by atoms with Crippen LogP contribution in [0.3, 0.4) is 0 Å². The fourth-order valence-electron chi connectivity index (χ4n) is 1.06. The molecule has 15 heavy (non-hydrogen) atoms. The summed E-state index contributed by atoms with van der Waals surface area (Å²) in [6.07, 6.45) is 0. The third kappa shape index (κ3) is 6.78. The fourth-order valence-corrected chi connectivity index (χ4v) is 3.90. The number of hydrogen-bond acceptors (Lipinski definition) is 5. The number of rotatable bonds is 7. The predicted molar refractivity (Wildman–Crippen MR) is 62.8 cm³/mol. The molecule has 0 rings (SSSR count). The standard InChI is InChI=1S/C9H18O4S2/c1-4-14-5-6-15(11,12)7-8(2)9(10)13-3/h8H,4-7H2,1-3H3. The summed E-state index contributed by atoms with van der Waals surface area (Å²) in [4.78, 5) is 11.0. The van der Waals surface area contributed by atoms with E-state index in [1.165, 1.54) is 7.11 Å². The Hall–Kier alpha value is -0.230. The molecule has 0 amide bonds. The van der Waals surface area contributed by atoms with Gasteiger partial charge in [0.25, 0.3) is 0 Å². The van der Waals surface area contributed by atoms with Crippen molar-refractivity contribution in [3.05, 3.63) is 0 Å². The van der Waals surface area contributed by atoms with E-state index in [4.69, 9.17) is 0 Å². The molecule has 0 N–H and O–H groups in total. The minimum Gasteiger partial charge on any atom is -0.469 e. The van der Waals surface area contributed by atoms with Gasteiger partial charge in [-0.2, -0.15) is 11.8 Å². The van der Waals surface area contributed by atoms with Crippen LogP contribution in [-0.2, 0) is 19.4 Å². The molecule has 0 spiro atoms. The van der Waals surface area contributed by atoms with Crippen LogP contribution in [0.4, 0.5) is 0 Å². The Balaban J connectivity index is 4.08. The summed E-state index contributed by atoms with van der Waals surface area (Å²) in [7, 11) is -1.87. The zero-order valence-electron chi connectivity index (χ0n) is 9.36. The van der Waals surface area contributed by atoms with E-state index in [0.29, 0.717) is 5.75 Å². The van der Waals surface area contributed by atoms with Crippen molar-refractivity contribution in [1.29, 1.82) is 0 Å². The summed E-state index contributed by atoms with van der Waals surface area (Å²) in [5.41, 5.74) is 0. The van der Waals surface area contributed by atoms with Gasteiger partial charge in [-0.05, 0) is 5.75 Å². The Bertz CT molecular complexity index is 284. The molecule has 0 aliphatic rings. The first-order chi connectivity index (χ1) is 6.93. The van der Waals surface area contributed by atoms with Crippen molar-refractivity contribution in [2.45, 2.75) is 13.8 Å². The lowest BCUT2D eigenvalue weighted by molar-refractivity contribution is -0.144. The Morgan fingerprint density at radius 1 is 1.47 bits per heavy atom. The van der Waals surface area contributed by atoms with Gasteiger partial charge >= 0.3 is 5.97 Å². The Morgan fingerprint density at radius 3 is 2.53 bits per heavy atom. The molecule has 4 nitrogen and oxygen atoms in total. The van der Waals surface area contributed by atoms with E-state index in [0.717, 1.165) is 5.75 Å². The van der Waals surface area contributed by atoms with Gasteiger partial charge in [-0.15, -0.1) is 0 Å². The highest BCUT2D eigenvalue weighted by Gasteiger charge is 2.21. The van der Waals surface area contributed by atoms with Gasteiger partial charge in [0.15, 0.2) is 9.84 Å². The molecule has 0 bridgehead atoms. The topological polar surface area (TPSA) is 60.4 Å². The quantitative estimate of drug-likeness (QED) is 0.500. The second-order valence-corrected chi connectivity index (χ2v) is 6.86. The molecule has 6 heteroatoms. The molecule has 0 saturated carbocycles. The highest BCUT2D eigenvalue weighted by atomic mass is 32.2. The molecule has 0 aliphatic heterocycles. The molecule has 0 aromatic carbocycles. The maximum absolute atomic E-state index is 11.5. The highest BCUT2D eigenvalue weighted by molar-refractivity contribution is 8.00. The van der Waals surface area contributed by atoms with Crippen molar-refractivity contribution in [2.24, 2.45) is 5.92 Å². The number of sulfone groups is 1. The van der Waals surface area contributed by atoms with E-state index >= 15 is 0 Å². The third-order valence-corrected chi connectivity index (χ3v) is 4.84. The SMILES string of the molecule is CCSCCS(=O)(=O)CC(C)C(=O)OC. The van der Waals surface area contributed by atoms with E-state index in [1.807, 2.05) is 6.92 Å². The van der Waals surface area contributed by atoms with E-state index in [-0.39, 0.29) is 11.5 Å². The largest absolute Gasteiger partial charge is 0.469 e. The van der Waals surface area contributed by atoms with Gasteiger partial charge < -0.3 is 4.74 Å². The van der Waals surface area contributed by atoms with Crippen molar-refractivity contribution in [3.8, 4) is 0 Å². The van der Waals surface area contributed by atoms with Gasteiger partial charge in [0.1, 0.15) is 0 Å². The van der Waals surface area contributed by atoms with Crippen LogP contribution in [0.15, 0.2) is 0 Å². The number of carbonyl (C=O) groups excluding carboxylic acids is 1. The maximum atomic E-state index is 11.5. The maximum Gasteiger partial charge on any atom is 0.309 e. The van der Waals surface area contributed by atoms with Crippen LogP contribution in [0.2, 0.25) is 0 Å². The van der Waals surface area contributed by atoms with Crippen molar-refractivity contribution < 1.29 is 17.9 Å². The number of carbonyl (C=O) groups is 1. The molecular weight excluding hydrogens is 236 g/mol. The van der Waals surface area contributed by atoms with Crippen LogP contribution < -0.4 is 0 Å². The lowest BCUT2D eigenvalue weighted by atomic mass is 10.2. The average Bonchev–Trinajstić information content (AvgIpc) is 2.16. The van der Waals surface area contributed by atoms with Gasteiger partial charge in [0.2, 0.25) is 0 Å². The van der Waals surface area contributed by atoms with E-state index in [1.54, 1.807) is 18.7 Å². The molecule has 0 radical (unpaired) electrons. The van der Waals surface area contributed by atoms with Crippen molar-refractivity contribution >= 4 is 27.6 Å². The molecule has 0 aromatic heterocycles. The second-order valence-electron chi connectivity index (χ2n) is 3.24. The number of methoxy groups -OCH3 is 1. The van der Waals surface area contributed by atoms with Crippen molar-refractivity contribution in [1.82, 2.24) is 0 Å². The molecule has 1 atom stereocenters. The molecule has 0 fully saturated rings. The smallest absolute Gasteiger partial charge is 0.309 e. The van der Waals surface area contributed by atoms with Crippen LogP contribution in [0.5, 0.6) is 0 Å². The molecule has 0 aliphatic carbocycles. The Kier molecular flexibility index (Phi) is 7.00. The second kappa shape index (κ2) is 7.11. The van der Waals surface area contributed by atoms with E-state index < -0.39 is 21.7 Å². The van der Waals surface area contributed by atoms with Gasteiger partial charge in [-0.25, -0.2) is 8.42 Å². The van der Waals surface area contributed by atoms with Crippen LogP contribution in [0.25, 0.3) is 0 Å².